The summed E-state index contributed by atoms with van der Waals surface area (Å²) in [4.78, 5) is 19.2. The lowest BCUT2D eigenvalue weighted by atomic mass is 9.89. The minimum atomic E-state index is -5.01. The van der Waals surface area contributed by atoms with Gasteiger partial charge in [0.05, 0.1) is 36.7 Å². The lowest BCUT2D eigenvalue weighted by molar-refractivity contribution is -0.464. The van der Waals surface area contributed by atoms with E-state index in [-0.39, 0.29) is 30.1 Å². The molecule has 2 aromatic rings. The Balaban J connectivity index is 1.91. The number of hydrogen-bond donors (Lipinski definition) is 3. The molecule has 0 spiro atoms. The van der Waals surface area contributed by atoms with Gasteiger partial charge in [-0.15, -0.1) is 0 Å². The molecule has 1 aliphatic rings. The molecule has 41 heavy (non-hydrogen) atoms. The van der Waals surface area contributed by atoms with Crippen molar-refractivity contribution in [3.8, 4) is 0 Å². The number of piperidine rings is 1. The average Bonchev–Trinajstić information content (AvgIpc) is 2.88. The molecule has 2 aromatic carbocycles. The van der Waals surface area contributed by atoms with Gasteiger partial charge in [0, 0.05) is 19.6 Å². The van der Waals surface area contributed by atoms with E-state index in [1.165, 1.54) is 37.9 Å². The van der Waals surface area contributed by atoms with Crippen molar-refractivity contribution in [1.82, 2.24) is 15.1 Å². The zero-order valence-electron chi connectivity index (χ0n) is 23.1. The van der Waals surface area contributed by atoms with Crippen molar-refractivity contribution in [1.29, 1.82) is 0 Å². The van der Waals surface area contributed by atoms with Gasteiger partial charge in [-0.2, -0.15) is 26.3 Å². The Morgan fingerprint density at radius 1 is 1.12 bits per heavy atom. The van der Waals surface area contributed by atoms with E-state index in [0.29, 0.717) is 49.2 Å². The third-order valence-electron chi connectivity index (χ3n) is 7.35. The summed E-state index contributed by atoms with van der Waals surface area (Å²) in [6.45, 7) is 5.80. The Labute approximate surface area is 233 Å². The van der Waals surface area contributed by atoms with Gasteiger partial charge in [-0.25, -0.2) is 14.2 Å². The molecule has 0 bridgehead atoms. The van der Waals surface area contributed by atoms with Crippen molar-refractivity contribution in [3.63, 3.8) is 0 Å². The third-order valence-corrected chi connectivity index (χ3v) is 7.35. The standard InChI is InChI=1S/C28H33F7N4O2/c1-16-11-22(29)5-6-24(16)25-15-23(37-9-8-36-18(3)40)7-10-39(25)26(41)38(4)17(2)19-12-20(27(30,31)32)14-21(13-19)28(33,34)35/h5-6,11-14,17,23,25,37H,7-10,15H2,1-4H3,(H,36,40)/p+1/t17-,23+,25-/m1/s1. The Hall–Kier alpha value is -3.35. The van der Waals surface area contributed by atoms with E-state index in [4.69, 9.17) is 0 Å². The largest absolute Gasteiger partial charge is 0.464 e. The lowest BCUT2D eigenvalue weighted by Crippen LogP contribution is -2.74. The van der Waals surface area contributed by atoms with Crippen molar-refractivity contribution in [2.45, 2.75) is 64.1 Å². The van der Waals surface area contributed by atoms with Gasteiger partial charge in [0.25, 0.3) is 0 Å². The third kappa shape index (κ3) is 8.11. The molecule has 1 aliphatic heterocycles. The first-order chi connectivity index (χ1) is 19.0. The van der Waals surface area contributed by atoms with Crippen LogP contribution in [0.1, 0.15) is 66.6 Å². The number of aliphatic hydroxyl groups is 1. The number of rotatable bonds is 7. The molecule has 6 nitrogen and oxygen atoms in total. The maximum atomic E-state index is 13.9. The summed E-state index contributed by atoms with van der Waals surface area (Å²) >= 11 is 0. The zero-order chi connectivity index (χ0) is 30.7. The molecular formula is C28H34F7N4O2+. The minimum absolute atomic E-state index is 0.0464. The Morgan fingerprint density at radius 2 is 1.73 bits per heavy atom. The van der Waals surface area contributed by atoms with Gasteiger partial charge in [0.1, 0.15) is 5.82 Å². The SMILES string of the molecule is CC(O)=[NH+]CCN[C@H]1CCN(C(=O)N(C)[C@H](C)c2cc(C(F)(F)F)cc(C(F)(F)F)c2)[C@@H](c2ccc(F)cc2C)C1. The molecule has 3 N–H and O–H groups in total. The highest BCUT2D eigenvalue weighted by molar-refractivity contribution is 5.75. The summed E-state index contributed by atoms with van der Waals surface area (Å²) in [6, 6.07) is 3.22. The van der Waals surface area contributed by atoms with Crippen LogP contribution in [0, 0.1) is 12.7 Å². The van der Waals surface area contributed by atoms with Crippen LogP contribution in [-0.4, -0.2) is 59.6 Å². The van der Waals surface area contributed by atoms with Crippen LogP contribution in [-0.2, 0) is 12.4 Å². The second-order valence-electron chi connectivity index (χ2n) is 10.3. The number of amides is 2. The first kappa shape index (κ1) is 32.2. The Morgan fingerprint density at radius 3 is 2.27 bits per heavy atom. The van der Waals surface area contributed by atoms with Crippen LogP contribution in [0.5, 0.6) is 0 Å². The summed E-state index contributed by atoms with van der Waals surface area (Å²) in [6.07, 6.45) is -9.07. The number of carbonyl (C=O) groups is 1. The van der Waals surface area contributed by atoms with E-state index in [2.05, 4.69) is 10.3 Å². The van der Waals surface area contributed by atoms with Crippen molar-refractivity contribution in [3.05, 3.63) is 70.0 Å². The molecule has 0 aromatic heterocycles. The van der Waals surface area contributed by atoms with E-state index in [0.717, 1.165) is 4.90 Å². The fourth-order valence-electron chi connectivity index (χ4n) is 5.02. The normalized spacial score (nSPS) is 19.3. The molecule has 13 heteroatoms. The van der Waals surface area contributed by atoms with Crippen molar-refractivity contribution < 1.29 is 45.6 Å². The fraction of sp³-hybridized carbons (Fsp3) is 0.500. The highest BCUT2D eigenvalue weighted by Gasteiger charge is 2.39. The molecule has 3 rings (SSSR count). The van der Waals surface area contributed by atoms with E-state index in [1.807, 2.05) is 0 Å². The first-order valence-electron chi connectivity index (χ1n) is 13.1. The van der Waals surface area contributed by atoms with Crippen molar-refractivity contribution in [2.24, 2.45) is 0 Å². The smallest absolute Gasteiger partial charge is 0.416 e. The van der Waals surface area contributed by atoms with E-state index < -0.39 is 47.4 Å². The summed E-state index contributed by atoms with van der Waals surface area (Å²) in [7, 11) is 1.33. The number of aliphatic hydroxyl groups excluding tert-OH is 1. The summed E-state index contributed by atoms with van der Waals surface area (Å²) in [5.41, 5.74) is -1.93. The van der Waals surface area contributed by atoms with Gasteiger partial charge in [-0.05, 0) is 73.7 Å². The van der Waals surface area contributed by atoms with Crippen LogP contribution < -0.4 is 10.3 Å². The maximum absolute atomic E-state index is 13.9. The van der Waals surface area contributed by atoms with Gasteiger partial charge in [0.15, 0.2) is 6.54 Å². The predicted octanol–water partition coefficient (Wildman–Crippen LogP) is 5.14. The molecule has 3 atom stereocenters. The van der Waals surface area contributed by atoms with E-state index >= 15 is 0 Å². The van der Waals surface area contributed by atoms with Crippen LogP contribution in [0.25, 0.3) is 0 Å². The van der Waals surface area contributed by atoms with E-state index in [1.54, 1.807) is 13.0 Å². The summed E-state index contributed by atoms with van der Waals surface area (Å²) in [5, 5.41) is 12.7. The van der Waals surface area contributed by atoms with Crippen molar-refractivity contribution >= 4 is 11.9 Å². The van der Waals surface area contributed by atoms with Gasteiger partial charge in [0.2, 0.25) is 0 Å². The topological polar surface area (TPSA) is 69.8 Å². The van der Waals surface area contributed by atoms with Gasteiger partial charge in [-0.3, -0.25) is 0 Å². The van der Waals surface area contributed by atoms with E-state index in [9.17, 15) is 40.6 Å². The number of aryl methyl sites for hydroxylation is 1. The summed E-state index contributed by atoms with van der Waals surface area (Å²) < 4.78 is 94.5. The molecule has 1 heterocycles. The molecule has 1 saturated heterocycles. The fourth-order valence-corrected chi connectivity index (χ4v) is 5.02. The number of likely N-dealkylation sites (tertiary alicyclic amines) is 1. The number of benzene rings is 2. The number of nitrogens with zero attached hydrogens (tertiary/aromatic N) is 2. The number of alkyl halides is 6. The Bertz CT molecular complexity index is 1230. The van der Waals surface area contributed by atoms with Gasteiger partial charge < -0.3 is 20.2 Å². The van der Waals surface area contributed by atoms with Crippen LogP contribution in [0.3, 0.4) is 0 Å². The Kier molecular flexibility index (Phi) is 9.94. The molecule has 2 amide bonds. The first-order valence-corrected chi connectivity index (χ1v) is 13.1. The average molecular weight is 592 g/mol. The van der Waals surface area contributed by atoms with Crippen LogP contribution in [0.4, 0.5) is 35.5 Å². The second-order valence-corrected chi connectivity index (χ2v) is 10.3. The number of hydrogen-bond acceptors (Lipinski definition) is 2. The monoisotopic (exact) mass is 591 g/mol. The van der Waals surface area contributed by atoms with Crippen LogP contribution in [0.2, 0.25) is 0 Å². The van der Waals surface area contributed by atoms with Crippen molar-refractivity contribution in [2.75, 3.05) is 26.7 Å². The highest BCUT2D eigenvalue weighted by Crippen LogP contribution is 2.39. The van der Waals surface area contributed by atoms with Gasteiger partial charge >= 0.3 is 24.3 Å². The predicted molar refractivity (Wildman–Crippen MR) is 139 cm³/mol. The molecule has 226 valence electrons. The molecule has 0 saturated carbocycles. The molecule has 0 unspecified atom stereocenters. The van der Waals surface area contributed by atoms with Crippen LogP contribution >= 0.6 is 0 Å². The summed E-state index contributed by atoms with van der Waals surface area (Å²) in [5.74, 6) is -0.376. The maximum Gasteiger partial charge on any atom is 0.416 e. The molecule has 0 radical (unpaired) electrons. The minimum Gasteiger partial charge on any atom is -0.464 e. The molecule has 1 fully saturated rings. The highest BCUT2D eigenvalue weighted by atomic mass is 19.4. The second kappa shape index (κ2) is 12.7. The van der Waals surface area contributed by atoms with Gasteiger partial charge in [-0.1, -0.05) is 6.07 Å². The number of halogens is 7. The molecule has 0 aliphatic carbocycles. The number of urea groups is 1. The zero-order valence-corrected chi connectivity index (χ0v) is 23.1. The lowest BCUT2D eigenvalue weighted by Gasteiger charge is -2.43. The molecular weight excluding hydrogens is 557 g/mol. The quantitative estimate of drug-likeness (QED) is 0.181. The van der Waals surface area contributed by atoms with Crippen LogP contribution in [0.15, 0.2) is 36.4 Å². The number of nitrogens with one attached hydrogen (secondary N) is 2. The number of carbonyl (C=O) groups excluding carboxylic acids is 1.